The van der Waals surface area contributed by atoms with Crippen LogP contribution in [-0.4, -0.2) is 151 Å². The molecule has 0 amide bonds. The minimum atomic E-state index is -1.84. The molecule has 0 radical (unpaired) electrons. The molecule has 2 saturated heterocycles. The second kappa shape index (κ2) is 25.9. The minimum Gasteiger partial charge on any atom is -0.505 e. The Balaban J connectivity index is 1.59. The van der Waals surface area contributed by atoms with Crippen molar-refractivity contribution in [2.24, 2.45) is 11.8 Å². The average molecular weight is 1040 g/mol. The number of aromatic hydroxyl groups is 2. The zero-order chi connectivity index (χ0) is 53.4. The number of allylic oxidation sites excluding steroid dienone is 4. The van der Waals surface area contributed by atoms with Gasteiger partial charge in [0.05, 0.1) is 47.5 Å². The van der Waals surface area contributed by atoms with Gasteiger partial charge in [0.15, 0.2) is 36.3 Å². The van der Waals surface area contributed by atoms with E-state index >= 15 is 0 Å². The van der Waals surface area contributed by atoms with E-state index in [1.807, 2.05) is 26.0 Å². The van der Waals surface area contributed by atoms with E-state index in [9.17, 15) is 55.2 Å². The molecule has 0 spiro atoms. The molecule has 0 unspecified atom stereocenters. The normalized spacial score (nSPS) is 35.2. The molecule has 3 heterocycles. The highest BCUT2D eigenvalue weighted by Crippen LogP contribution is 2.45. The maximum Gasteiger partial charge on any atom is 0.342 e. The highest BCUT2D eigenvalue weighted by molar-refractivity contribution is 6.39. The molecule has 3 aliphatic rings. The number of phenols is 2. The number of aliphatic hydroxyl groups is 6. The number of hydrogen-bond acceptors (Lipinski definition) is 18. The molecular weight excluding hydrogens is 971 g/mol. The van der Waals surface area contributed by atoms with Gasteiger partial charge < -0.3 is 74.0 Å². The van der Waals surface area contributed by atoms with Crippen LogP contribution in [0.5, 0.6) is 11.5 Å². The summed E-state index contributed by atoms with van der Waals surface area (Å²) in [7, 11) is 0. The molecule has 14 atom stereocenters. The highest BCUT2D eigenvalue weighted by Gasteiger charge is 2.53. The summed E-state index contributed by atoms with van der Waals surface area (Å²) in [6, 6.07) is 0. The smallest absolute Gasteiger partial charge is 0.342 e. The number of phenolic OH excluding ortho intramolecular Hbond substituents is 2. The van der Waals surface area contributed by atoms with Crippen molar-refractivity contribution in [1.29, 1.82) is 0 Å². The Kier molecular flexibility index (Phi) is 21.7. The number of carbonyl (C=O) groups excluding carboxylic acids is 3. The zero-order valence-corrected chi connectivity index (χ0v) is 43.6. The van der Waals surface area contributed by atoms with Gasteiger partial charge in [-0.3, -0.25) is 4.79 Å². The van der Waals surface area contributed by atoms with E-state index in [1.54, 1.807) is 60.6 Å². The van der Waals surface area contributed by atoms with Crippen molar-refractivity contribution in [3.8, 4) is 11.5 Å². The molecule has 0 saturated carbocycles. The Morgan fingerprint density at radius 1 is 0.887 bits per heavy atom. The predicted molar refractivity (Wildman–Crippen MR) is 260 cm³/mol. The van der Waals surface area contributed by atoms with Crippen LogP contribution in [-0.2, 0) is 49.2 Å². The van der Waals surface area contributed by atoms with E-state index in [4.69, 9.17) is 56.4 Å². The monoisotopic (exact) mass is 1040 g/mol. The number of benzene rings is 1. The average Bonchev–Trinajstić information content (AvgIpc) is 3.31. The van der Waals surface area contributed by atoms with Crippen LogP contribution in [0.25, 0.3) is 0 Å². The number of ether oxygens (including phenoxy) is 7. The highest BCUT2D eigenvalue weighted by atomic mass is 35.5. The molecule has 0 aromatic heterocycles. The predicted octanol–water partition coefficient (Wildman–Crippen LogP) is 5.58. The lowest BCUT2D eigenvalue weighted by Crippen LogP contribution is -2.64. The van der Waals surface area contributed by atoms with Gasteiger partial charge in [0.1, 0.15) is 46.7 Å². The molecule has 0 bridgehead atoms. The van der Waals surface area contributed by atoms with Crippen molar-refractivity contribution in [1.82, 2.24) is 0 Å². The van der Waals surface area contributed by atoms with Gasteiger partial charge in [-0.25, -0.2) is 9.59 Å². The second-order valence-corrected chi connectivity index (χ2v) is 19.9. The van der Waals surface area contributed by atoms with E-state index < -0.39 is 144 Å². The van der Waals surface area contributed by atoms with Gasteiger partial charge in [0.25, 0.3) is 0 Å². The Morgan fingerprint density at radius 3 is 2.14 bits per heavy atom. The van der Waals surface area contributed by atoms with E-state index in [0.29, 0.717) is 23.1 Å². The lowest BCUT2D eigenvalue weighted by atomic mass is 9.88. The van der Waals surface area contributed by atoms with E-state index in [2.05, 4.69) is 0 Å². The quantitative estimate of drug-likeness (QED) is 0.0721. The van der Waals surface area contributed by atoms with Gasteiger partial charge in [0.2, 0.25) is 0 Å². The van der Waals surface area contributed by atoms with Crippen LogP contribution in [0.4, 0.5) is 0 Å². The second-order valence-electron chi connectivity index (χ2n) is 19.2. The van der Waals surface area contributed by atoms with Crippen LogP contribution < -0.4 is 0 Å². The third-order valence-electron chi connectivity index (χ3n) is 12.7. The molecule has 0 aliphatic carbocycles. The molecular formula is C51H72Cl2O18. The Morgan fingerprint density at radius 2 is 1.54 bits per heavy atom. The summed E-state index contributed by atoms with van der Waals surface area (Å²) < 4.78 is 41.3. The van der Waals surface area contributed by atoms with Crippen molar-refractivity contribution in [2.45, 2.75) is 187 Å². The molecule has 71 heavy (non-hydrogen) atoms. The van der Waals surface area contributed by atoms with Gasteiger partial charge in [-0.05, 0) is 90.5 Å². The first kappa shape index (κ1) is 59.7. The first-order chi connectivity index (χ1) is 33.2. The Bertz CT molecular complexity index is 2200. The number of halogens is 2. The summed E-state index contributed by atoms with van der Waals surface area (Å²) in [5.41, 5.74) is 0.128. The molecule has 398 valence electrons. The van der Waals surface area contributed by atoms with Crippen LogP contribution in [0.15, 0.2) is 58.7 Å². The molecule has 20 heteroatoms. The summed E-state index contributed by atoms with van der Waals surface area (Å²) in [6.45, 7) is 17.8. The maximum atomic E-state index is 13.8. The van der Waals surface area contributed by atoms with Crippen LogP contribution in [0.1, 0.15) is 111 Å². The van der Waals surface area contributed by atoms with Crippen LogP contribution in [0, 0.1) is 11.8 Å². The van der Waals surface area contributed by atoms with Gasteiger partial charge in [-0.2, -0.15) is 0 Å². The summed E-state index contributed by atoms with van der Waals surface area (Å²) >= 11 is 12.2. The van der Waals surface area contributed by atoms with E-state index in [-0.39, 0.29) is 35.4 Å². The van der Waals surface area contributed by atoms with Gasteiger partial charge >= 0.3 is 17.9 Å². The SMILES string of the molecule is CCc1c(Cl)c(O)c(Cl)c(O)c1C(=O)O[C@H]1[C@H](O)[C@H](O)[C@H](OC/C2=C\C=C\C[C@H](O)/C(C)=C/[C@H](CC)[C@@H](O[C@@H]3OC(C)(C)[C@@H](OC(=O)C(C)C)[C@H](O)[C@@H]3O)/C(C)=C/C(C)=C/C[C@@H]([C@@H](C)O)OC2=O)O[C@@H]1C. The molecule has 4 rings (SSSR count). The number of cyclic esters (lactones) is 1. The third-order valence-corrected chi connectivity index (χ3v) is 13.5. The Labute approximate surface area is 425 Å². The summed E-state index contributed by atoms with van der Waals surface area (Å²) in [4.78, 5) is 39.8. The summed E-state index contributed by atoms with van der Waals surface area (Å²) in [5.74, 6) is -4.97. The molecule has 2 fully saturated rings. The number of esters is 3. The van der Waals surface area contributed by atoms with E-state index in [1.165, 1.54) is 26.0 Å². The molecule has 1 aromatic rings. The zero-order valence-electron chi connectivity index (χ0n) is 42.1. The standard InChI is InChI=1S/C51H72Cl2O18/c1-12-29-21-25(6)32(55)17-15-14-16-30(22-65-49-41(60)39(58)44(28(9)66-49)68-48(64)34-31(13-2)35(52)38(57)36(53)37(34)56)47(63)67-33(27(8)54)19-18-24(5)20-26(7)43(29)69-50-42(61)40(59)45(51(10,11)71-50)70-46(62)23(3)4/h14-16,18,20-21,23,27-29,32-33,39-45,49-50,54-61H,12-13,17,19,22H2,1-11H3/b15-14+,24-18+,25-21+,26-20+,30-16+/t27-,28-,29+,32+,33+,39-,40-,41+,42+,43+,44-,45+,49-,50-/m1/s1. The topological polar surface area (TPSA) is 278 Å². The first-order valence-corrected chi connectivity index (χ1v) is 24.5. The van der Waals surface area contributed by atoms with Gasteiger partial charge in [0, 0.05) is 12.3 Å². The van der Waals surface area contributed by atoms with Crippen molar-refractivity contribution in [3.05, 3.63) is 79.9 Å². The number of hydrogen-bond donors (Lipinski definition) is 8. The summed E-state index contributed by atoms with van der Waals surface area (Å²) in [5, 5.41) is 87.0. The van der Waals surface area contributed by atoms with Crippen LogP contribution in [0.3, 0.4) is 0 Å². The third kappa shape index (κ3) is 14.7. The largest absolute Gasteiger partial charge is 0.505 e. The number of aliphatic hydroxyl groups excluding tert-OH is 6. The molecule has 18 nitrogen and oxygen atoms in total. The maximum absolute atomic E-state index is 13.8. The summed E-state index contributed by atoms with van der Waals surface area (Å²) in [6.07, 6.45) is -7.02. The van der Waals surface area contributed by atoms with Crippen LogP contribution in [0.2, 0.25) is 10.0 Å². The van der Waals surface area contributed by atoms with Gasteiger partial charge in [-0.1, -0.05) is 86.9 Å². The van der Waals surface area contributed by atoms with Crippen molar-refractivity contribution in [3.63, 3.8) is 0 Å². The fraction of sp³-hybridized carbons (Fsp3) is 0.627. The number of carbonyl (C=O) groups is 3. The number of rotatable bonds is 12. The van der Waals surface area contributed by atoms with Crippen molar-refractivity contribution < 1.29 is 88.4 Å². The lowest BCUT2D eigenvalue weighted by Gasteiger charge is -2.47. The molecule has 1 aromatic carbocycles. The fourth-order valence-electron chi connectivity index (χ4n) is 8.36. The van der Waals surface area contributed by atoms with Gasteiger partial charge in [-0.15, -0.1) is 0 Å². The molecule has 8 N–H and O–H groups in total. The first-order valence-electron chi connectivity index (χ1n) is 23.8. The minimum absolute atomic E-state index is 0.0245. The Hall–Kier alpha value is -3.89. The van der Waals surface area contributed by atoms with Crippen molar-refractivity contribution in [2.75, 3.05) is 6.61 Å². The van der Waals surface area contributed by atoms with E-state index in [0.717, 1.165) is 0 Å². The molecule has 3 aliphatic heterocycles. The van der Waals surface area contributed by atoms with Crippen LogP contribution >= 0.6 is 23.2 Å². The lowest BCUT2D eigenvalue weighted by molar-refractivity contribution is -0.333. The van der Waals surface area contributed by atoms with Crippen molar-refractivity contribution >= 4 is 41.1 Å². The fourth-order valence-corrected chi connectivity index (χ4v) is 8.92.